The van der Waals surface area contributed by atoms with Crippen LogP contribution in [0.25, 0.3) is 0 Å². The van der Waals surface area contributed by atoms with Gasteiger partial charge in [0.15, 0.2) is 0 Å². The van der Waals surface area contributed by atoms with Gasteiger partial charge in [-0.1, -0.05) is 131 Å². The minimum atomic E-state index is -0.987. The number of aliphatic hydroxyl groups is 8. The lowest BCUT2D eigenvalue weighted by molar-refractivity contribution is -0.187. The van der Waals surface area contributed by atoms with Crippen molar-refractivity contribution in [2.75, 3.05) is 52.9 Å². The van der Waals surface area contributed by atoms with Crippen LogP contribution in [-0.2, 0) is 38.1 Å². The number of carbonyl (C=O) groups excluding carboxylic acids is 4. The molecule has 0 saturated heterocycles. The van der Waals surface area contributed by atoms with Gasteiger partial charge >= 0.3 is 23.9 Å². The lowest BCUT2D eigenvalue weighted by Crippen LogP contribution is -2.56. The SMILES string of the molecule is CC(C)C1CCC2=C(CCC3C(C)(C(=O)OC(CO)CO)CCCC23C)C1.CC(C)C1CCC2=C(CCC3C(C)(C(=O)OCC(O)CO)CCCC23C)C1.CC(C)C1CCC2C(CCC3C(C)(C(=O)OC(CO)CO)CCCC23C)C1.CC(C)C1CCC2C(CCC3C(C)(C(=O)OCC(O)CO)CCCC23C)C1. The Hall–Kier alpha value is -2.96. The van der Waals surface area contributed by atoms with E-state index in [1.807, 2.05) is 0 Å². The van der Waals surface area contributed by atoms with E-state index in [9.17, 15) is 49.8 Å². The van der Waals surface area contributed by atoms with E-state index in [2.05, 4.69) is 111 Å². The monoisotopic (exact) mass is 1520 g/mol. The van der Waals surface area contributed by atoms with E-state index in [0.717, 1.165) is 167 Å². The van der Waals surface area contributed by atoms with Crippen LogP contribution in [0.5, 0.6) is 0 Å². The zero-order chi connectivity index (χ0) is 79.3. The first-order chi connectivity index (χ1) is 51.0. The van der Waals surface area contributed by atoms with Gasteiger partial charge in [0.2, 0.25) is 0 Å². The Balaban J connectivity index is 0.000000166. The average molecular weight is 1520 g/mol. The van der Waals surface area contributed by atoms with Gasteiger partial charge < -0.3 is 59.8 Å². The minimum Gasteiger partial charge on any atom is -0.462 e. The molecule has 108 heavy (non-hydrogen) atoms. The predicted octanol–water partition coefficient (Wildman–Crippen LogP) is 16.8. The zero-order valence-corrected chi connectivity index (χ0v) is 70.7. The van der Waals surface area contributed by atoms with Gasteiger partial charge in [0.05, 0.1) is 61.3 Å². The Kier molecular flexibility index (Phi) is 30.4. The van der Waals surface area contributed by atoms with Crippen molar-refractivity contribution in [2.45, 2.75) is 341 Å². The first-order valence-electron chi connectivity index (χ1n) is 44.2. The third kappa shape index (κ3) is 18.2. The second-order valence-electron chi connectivity index (χ2n) is 41.1. The number of aliphatic hydroxyl groups excluding tert-OH is 8. The highest BCUT2D eigenvalue weighted by atomic mass is 16.6. The molecule has 8 fully saturated rings. The molecular weight excluding hydrogens is 1360 g/mol. The maximum absolute atomic E-state index is 13.1. The van der Waals surface area contributed by atoms with E-state index in [-0.39, 0.29) is 98.4 Å². The number of esters is 4. The van der Waals surface area contributed by atoms with Gasteiger partial charge in [0.25, 0.3) is 0 Å². The number of carbonyl (C=O) groups is 4. The molecule has 12 aliphatic rings. The van der Waals surface area contributed by atoms with Crippen LogP contribution < -0.4 is 0 Å². The van der Waals surface area contributed by atoms with E-state index in [0.29, 0.717) is 23.7 Å². The summed E-state index contributed by atoms with van der Waals surface area (Å²) in [5.41, 5.74) is 5.35. The Morgan fingerprint density at radius 3 is 1.02 bits per heavy atom. The third-order valence-electron chi connectivity index (χ3n) is 33.7. The summed E-state index contributed by atoms with van der Waals surface area (Å²) in [6, 6.07) is 0. The lowest BCUT2D eigenvalue weighted by Gasteiger charge is -2.61. The molecule has 8 saturated carbocycles. The van der Waals surface area contributed by atoms with Crippen molar-refractivity contribution in [1.82, 2.24) is 0 Å². The van der Waals surface area contributed by atoms with Crippen molar-refractivity contribution in [2.24, 2.45) is 138 Å². The van der Waals surface area contributed by atoms with Gasteiger partial charge in [-0.2, -0.15) is 0 Å². The smallest absolute Gasteiger partial charge is 0.312 e. The van der Waals surface area contributed by atoms with Gasteiger partial charge in [-0.3, -0.25) is 19.2 Å². The summed E-state index contributed by atoms with van der Waals surface area (Å²) in [5, 5.41) is 74.4. The summed E-state index contributed by atoms with van der Waals surface area (Å²) in [4.78, 5) is 52.2. The van der Waals surface area contributed by atoms with Crippen LogP contribution in [-0.4, -0.2) is 142 Å². The summed E-state index contributed by atoms with van der Waals surface area (Å²) >= 11 is 0. The summed E-state index contributed by atoms with van der Waals surface area (Å²) in [6.07, 6.45) is 33.4. The Morgan fingerprint density at radius 1 is 0.361 bits per heavy atom. The number of ether oxygens (including phenoxy) is 4. The molecule has 8 N–H and O–H groups in total. The predicted molar refractivity (Wildman–Crippen MR) is 424 cm³/mol. The largest absolute Gasteiger partial charge is 0.462 e. The second kappa shape index (κ2) is 36.9. The second-order valence-corrected chi connectivity index (χ2v) is 41.1. The van der Waals surface area contributed by atoms with Crippen LogP contribution in [0.2, 0.25) is 0 Å². The first-order valence-corrected chi connectivity index (χ1v) is 44.2. The molecule has 22 atom stereocenters. The standard InChI is InChI=1S/C23H40O4.C23H38O4.C23H40O4.C23H38O4/c2*1-15(2)16-6-8-19-17(12-16)7-9-20-22(19,3)10-5-11-23(20,4)21(26)27-14-18(25)13-24;2*1-15(2)16-6-8-19-17(12-16)7-9-20-22(19,3)10-5-11-23(20,4)21(26)27-18(13-24)14-25/h15-20,24-25H,5-14H2,1-4H3;15-16,18,20,24-25H,5-14H2,1-4H3;15-20,24-25H,5-14H2,1-4H3;15-16,18,20,24-25H,5-14H2,1-4H3. The fourth-order valence-electron chi connectivity index (χ4n) is 27.1. The summed E-state index contributed by atoms with van der Waals surface area (Å²) in [6.45, 7) is 34.6. The highest BCUT2D eigenvalue weighted by molar-refractivity contribution is 5.79. The molecule has 0 bridgehead atoms. The van der Waals surface area contributed by atoms with Gasteiger partial charge in [-0.05, 0) is 324 Å². The maximum Gasteiger partial charge on any atom is 0.312 e. The Bertz CT molecular complexity index is 3040. The summed E-state index contributed by atoms with van der Waals surface area (Å²) < 4.78 is 22.0. The average Bonchev–Trinajstić information content (AvgIpc) is 0.744. The van der Waals surface area contributed by atoms with E-state index < -0.39 is 46.1 Å². The Labute approximate surface area is 653 Å². The highest BCUT2D eigenvalue weighted by Gasteiger charge is 2.63. The minimum absolute atomic E-state index is 0.0927. The van der Waals surface area contributed by atoms with Gasteiger partial charge in [0.1, 0.15) is 37.6 Å². The van der Waals surface area contributed by atoms with E-state index >= 15 is 0 Å². The highest BCUT2D eigenvalue weighted by Crippen LogP contribution is 2.69. The van der Waals surface area contributed by atoms with Crippen molar-refractivity contribution in [1.29, 1.82) is 0 Å². The number of allylic oxidation sites excluding steroid dienone is 4. The van der Waals surface area contributed by atoms with Crippen molar-refractivity contribution in [3.63, 3.8) is 0 Å². The zero-order valence-electron chi connectivity index (χ0n) is 70.7. The molecule has 0 heterocycles. The van der Waals surface area contributed by atoms with Crippen molar-refractivity contribution in [3.8, 4) is 0 Å². The molecule has 22 unspecified atom stereocenters. The van der Waals surface area contributed by atoms with Crippen LogP contribution in [0.1, 0.15) is 316 Å². The molecular formula is C92H156O16. The van der Waals surface area contributed by atoms with Crippen LogP contribution in [0.15, 0.2) is 22.3 Å². The summed E-state index contributed by atoms with van der Waals surface area (Å²) in [7, 11) is 0. The third-order valence-corrected chi connectivity index (χ3v) is 33.7. The fraction of sp³-hybridized carbons (Fsp3) is 0.913. The van der Waals surface area contributed by atoms with Crippen LogP contribution >= 0.6 is 0 Å². The normalized spacial score (nSPS) is 39.8. The van der Waals surface area contributed by atoms with E-state index in [1.54, 1.807) is 22.3 Å². The molecule has 0 aliphatic heterocycles. The first kappa shape index (κ1) is 89.0. The molecule has 16 nitrogen and oxygen atoms in total. The van der Waals surface area contributed by atoms with Crippen LogP contribution in [0.4, 0.5) is 0 Å². The number of rotatable bonds is 20. The molecule has 0 aromatic heterocycles. The molecule has 620 valence electrons. The van der Waals surface area contributed by atoms with E-state index in [1.165, 1.54) is 109 Å². The van der Waals surface area contributed by atoms with Gasteiger partial charge in [0, 0.05) is 0 Å². The van der Waals surface area contributed by atoms with E-state index in [4.69, 9.17) is 29.2 Å². The quantitative estimate of drug-likeness (QED) is 0.0320. The van der Waals surface area contributed by atoms with Gasteiger partial charge in [-0.25, -0.2) is 0 Å². The molecule has 0 radical (unpaired) electrons. The van der Waals surface area contributed by atoms with Crippen molar-refractivity contribution in [3.05, 3.63) is 22.3 Å². The molecule has 0 spiro atoms. The number of hydrogen-bond acceptors (Lipinski definition) is 16. The van der Waals surface area contributed by atoms with Crippen LogP contribution in [0, 0.1) is 138 Å². The molecule has 0 aromatic carbocycles. The molecule has 16 heteroatoms. The van der Waals surface area contributed by atoms with Crippen LogP contribution in [0.3, 0.4) is 0 Å². The molecule has 12 aliphatic carbocycles. The number of hydrogen-bond donors (Lipinski definition) is 8. The summed E-state index contributed by atoms with van der Waals surface area (Å²) in [5.74, 6) is 10.0. The maximum atomic E-state index is 13.1. The molecule has 12 rings (SSSR count). The lowest BCUT2D eigenvalue weighted by atomic mass is 9.43. The van der Waals surface area contributed by atoms with Gasteiger partial charge in [-0.15, -0.1) is 0 Å². The Morgan fingerprint density at radius 2 is 0.685 bits per heavy atom. The fourth-order valence-corrected chi connectivity index (χ4v) is 27.1. The molecule has 0 amide bonds. The molecule has 0 aromatic rings. The van der Waals surface area contributed by atoms with Crippen molar-refractivity contribution >= 4 is 23.9 Å². The van der Waals surface area contributed by atoms with Crippen molar-refractivity contribution < 1.29 is 79.0 Å². The number of fused-ring (bicyclic) bond motifs is 10. The topological polar surface area (TPSA) is 267 Å².